The van der Waals surface area contributed by atoms with Crippen LogP contribution in [0.4, 0.5) is 5.69 Å². The van der Waals surface area contributed by atoms with Crippen LogP contribution in [0.15, 0.2) is 34.8 Å². The molecule has 0 unspecified atom stereocenters. The van der Waals surface area contributed by atoms with Gasteiger partial charge in [-0.2, -0.15) is 5.10 Å². The van der Waals surface area contributed by atoms with Gasteiger partial charge in [-0.1, -0.05) is 15.9 Å². The zero-order valence-corrected chi connectivity index (χ0v) is 18.5. The lowest BCUT2D eigenvalue weighted by molar-refractivity contribution is -0.115. The number of ether oxygens (including phenoxy) is 3. The normalized spacial score (nSPS) is 10.7. The minimum absolute atomic E-state index is 0.125. The standard InChI is InChI=1S/C21H22BrN3O5/c1-4-29-17-8-12(15(22)11-18(17)30-5-2)9-19(26)23-13-6-7-16-14(10-13)20(25-24-16)21(27)28-3/h6-8,10-11H,4-5,9H2,1-3H3,(H,23,26)(H,24,25). The van der Waals surface area contributed by atoms with Crippen LogP contribution < -0.4 is 14.8 Å². The van der Waals surface area contributed by atoms with Gasteiger partial charge < -0.3 is 19.5 Å². The number of nitrogens with zero attached hydrogens (tertiary/aromatic N) is 1. The van der Waals surface area contributed by atoms with Crippen molar-refractivity contribution in [2.24, 2.45) is 0 Å². The minimum Gasteiger partial charge on any atom is -0.490 e. The highest BCUT2D eigenvalue weighted by atomic mass is 79.9. The van der Waals surface area contributed by atoms with Gasteiger partial charge in [0.2, 0.25) is 5.91 Å². The molecule has 0 bridgehead atoms. The Balaban J connectivity index is 1.80. The van der Waals surface area contributed by atoms with E-state index in [-0.39, 0.29) is 18.0 Å². The number of amides is 1. The summed E-state index contributed by atoms with van der Waals surface area (Å²) in [5.41, 5.74) is 2.15. The van der Waals surface area contributed by atoms with Crippen molar-refractivity contribution in [1.29, 1.82) is 0 Å². The largest absolute Gasteiger partial charge is 0.490 e. The minimum atomic E-state index is -0.550. The third-order valence-corrected chi connectivity index (χ3v) is 5.03. The molecule has 0 radical (unpaired) electrons. The van der Waals surface area contributed by atoms with Crippen LogP contribution in [-0.4, -0.2) is 42.4 Å². The third-order valence-electron chi connectivity index (χ3n) is 4.29. The van der Waals surface area contributed by atoms with Gasteiger partial charge in [0.25, 0.3) is 0 Å². The number of esters is 1. The molecule has 3 rings (SSSR count). The number of hydrogen-bond donors (Lipinski definition) is 2. The fourth-order valence-electron chi connectivity index (χ4n) is 2.97. The van der Waals surface area contributed by atoms with Crippen LogP contribution in [0.3, 0.4) is 0 Å². The molecular formula is C21H22BrN3O5. The van der Waals surface area contributed by atoms with Crippen molar-refractivity contribution in [2.45, 2.75) is 20.3 Å². The molecule has 0 aliphatic carbocycles. The zero-order chi connectivity index (χ0) is 21.7. The number of benzene rings is 2. The lowest BCUT2D eigenvalue weighted by Gasteiger charge is -2.14. The van der Waals surface area contributed by atoms with Gasteiger partial charge in [-0.25, -0.2) is 4.79 Å². The van der Waals surface area contributed by atoms with Crippen LogP contribution in [0, 0.1) is 0 Å². The van der Waals surface area contributed by atoms with Gasteiger partial charge in [0, 0.05) is 15.5 Å². The van der Waals surface area contributed by atoms with Crippen LogP contribution in [0.2, 0.25) is 0 Å². The van der Waals surface area contributed by atoms with Crippen molar-refractivity contribution in [2.75, 3.05) is 25.6 Å². The summed E-state index contributed by atoms with van der Waals surface area (Å²) in [5.74, 6) is 0.445. The first-order valence-corrected chi connectivity index (χ1v) is 10.2. The highest BCUT2D eigenvalue weighted by Gasteiger charge is 2.17. The van der Waals surface area contributed by atoms with E-state index in [4.69, 9.17) is 14.2 Å². The molecule has 1 heterocycles. The van der Waals surface area contributed by atoms with Crippen molar-refractivity contribution >= 4 is 44.4 Å². The molecule has 1 aromatic heterocycles. The quantitative estimate of drug-likeness (QED) is 0.475. The SMILES string of the molecule is CCOc1cc(Br)c(CC(=O)Nc2ccc3[nH]nc(C(=O)OC)c3c2)cc1OCC. The van der Waals surface area contributed by atoms with Crippen molar-refractivity contribution in [3.05, 3.63) is 46.1 Å². The molecule has 0 saturated heterocycles. The van der Waals surface area contributed by atoms with Crippen LogP contribution in [0.25, 0.3) is 10.9 Å². The van der Waals surface area contributed by atoms with Gasteiger partial charge in [0.05, 0.1) is 32.3 Å². The number of hydrogen-bond acceptors (Lipinski definition) is 6. The number of H-pyrrole nitrogens is 1. The number of carbonyl (C=O) groups excluding carboxylic acids is 2. The summed E-state index contributed by atoms with van der Waals surface area (Å²) in [4.78, 5) is 24.5. The first-order chi connectivity index (χ1) is 14.5. The fraction of sp³-hybridized carbons (Fsp3) is 0.286. The van der Waals surface area contributed by atoms with Gasteiger partial charge in [-0.3, -0.25) is 9.89 Å². The number of aromatic amines is 1. The molecule has 3 aromatic rings. The Labute approximate surface area is 182 Å². The Morgan fingerprint density at radius 1 is 1.10 bits per heavy atom. The van der Waals surface area contributed by atoms with Gasteiger partial charge in [-0.15, -0.1) is 0 Å². The monoisotopic (exact) mass is 475 g/mol. The predicted octanol–water partition coefficient (Wildman–Crippen LogP) is 4.09. The van der Waals surface area contributed by atoms with Gasteiger partial charge in [0.1, 0.15) is 0 Å². The second-order valence-electron chi connectivity index (χ2n) is 6.31. The van der Waals surface area contributed by atoms with Gasteiger partial charge in [0.15, 0.2) is 17.2 Å². The number of rotatable bonds is 8. The van der Waals surface area contributed by atoms with Gasteiger partial charge in [-0.05, 0) is 49.7 Å². The van der Waals surface area contributed by atoms with Crippen molar-refractivity contribution < 1.29 is 23.8 Å². The van der Waals surface area contributed by atoms with E-state index in [1.807, 2.05) is 13.8 Å². The molecule has 0 saturated carbocycles. The molecule has 1 amide bonds. The van der Waals surface area contributed by atoms with Crippen LogP contribution >= 0.6 is 15.9 Å². The predicted molar refractivity (Wildman–Crippen MR) is 116 cm³/mol. The van der Waals surface area contributed by atoms with E-state index in [1.54, 1.807) is 30.3 Å². The van der Waals surface area contributed by atoms with E-state index in [9.17, 15) is 9.59 Å². The molecule has 0 aliphatic heterocycles. The number of anilines is 1. The van der Waals surface area contributed by atoms with Crippen LogP contribution in [0.1, 0.15) is 29.9 Å². The number of carbonyl (C=O) groups is 2. The van der Waals surface area contributed by atoms with Crippen molar-refractivity contribution in [3.63, 3.8) is 0 Å². The molecular weight excluding hydrogens is 454 g/mol. The topological polar surface area (TPSA) is 103 Å². The van der Waals surface area contributed by atoms with Crippen LogP contribution in [-0.2, 0) is 16.0 Å². The Hall–Kier alpha value is -3.07. The lowest BCUT2D eigenvalue weighted by atomic mass is 10.1. The molecule has 0 fully saturated rings. The second-order valence-corrected chi connectivity index (χ2v) is 7.16. The molecule has 2 N–H and O–H groups in total. The third kappa shape index (κ3) is 4.73. The molecule has 2 aromatic carbocycles. The van der Waals surface area contributed by atoms with E-state index in [0.29, 0.717) is 41.3 Å². The number of fused-ring (bicyclic) bond motifs is 1. The highest BCUT2D eigenvalue weighted by molar-refractivity contribution is 9.10. The maximum Gasteiger partial charge on any atom is 0.359 e. The molecule has 158 valence electrons. The zero-order valence-electron chi connectivity index (χ0n) is 16.9. The summed E-state index contributed by atoms with van der Waals surface area (Å²) in [6.45, 7) is 4.78. The van der Waals surface area contributed by atoms with Crippen molar-refractivity contribution in [1.82, 2.24) is 10.2 Å². The fourth-order valence-corrected chi connectivity index (χ4v) is 3.43. The Kier molecular flexibility index (Phi) is 6.94. The Bertz CT molecular complexity index is 1080. The summed E-state index contributed by atoms with van der Waals surface area (Å²) in [7, 11) is 1.29. The summed E-state index contributed by atoms with van der Waals surface area (Å²) in [6.07, 6.45) is 0.125. The molecule has 9 heteroatoms. The summed E-state index contributed by atoms with van der Waals surface area (Å²) >= 11 is 3.50. The smallest absolute Gasteiger partial charge is 0.359 e. The number of methoxy groups -OCH3 is 1. The van der Waals surface area contributed by atoms with E-state index in [1.165, 1.54) is 7.11 Å². The average Bonchev–Trinajstić information content (AvgIpc) is 3.14. The molecule has 0 spiro atoms. The Morgan fingerprint density at radius 2 is 1.80 bits per heavy atom. The number of halogens is 1. The highest BCUT2D eigenvalue weighted by Crippen LogP contribution is 2.34. The summed E-state index contributed by atoms with van der Waals surface area (Å²) in [5, 5.41) is 10.2. The van der Waals surface area contributed by atoms with Gasteiger partial charge >= 0.3 is 5.97 Å². The van der Waals surface area contributed by atoms with Crippen LogP contribution in [0.5, 0.6) is 11.5 Å². The maximum absolute atomic E-state index is 12.6. The maximum atomic E-state index is 12.6. The lowest BCUT2D eigenvalue weighted by Crippen LogP contribution is -2.15. The molecule has 0 aliphatic rings. The summed E-state index contributed by atoms with van der Waals surface area (Å²) < 4.78 is 16.7. The number of nitrogens with one attached hydrogen (secondary N) is 2. The average molecular weight is 476 g/mol. The molecule has 30 heavy (non-hydrogen) atoms. The summed E-state index contributed by atoms with van der Waals surface area (Å²) in [6, 6.07) is 8.76. The van der Waals surface area contributed by atoms with E-state index in [0.717, 1.165) is 10.0 Å². The number of aromatic nitrogens is 2. The van der Waals surface area contributed by atoms with E-state index in [2.05, 4.69) is 31.4 Å². The van der Waals surface area contributed by atoms with Crippen molar-refractivity contribution in [3.8, 4) is 11.5 Å². The first kappa shape index (κ1) is 21.6. The molecule has 8 nitrogen and oxygen atoms in total. The second kappa shape index (κ2) is 9.62. The van der Waals surface area contributed by atoms with E-state index >= 15 is 0 Å². The first-order valence-electron chi connectivity index (χ1n) is 9.41. The molecule has 0 atom stereocenters. The van der Waals surface area contributed by atoms with E-state index < -0.39 is 5.97 Å². The Morgan fingerprint density at radius 3 is 2.47 bits per heavy atom.